The van der Waals surface area contributed by atoms with Gasteiger partial charge in [-0.3, -0.25) is 4.79 Å². The normalized spacial score (nSPS) is 15.1. The van der Waals surface area contributed by atoms with Gasteiger partial charge < -0.3 is 16.4 Å². The van der Waals surface area contributed by atoms with Crippen LogP contribution in [0.5, 0.6) is 0 Å². The van der Waals surface area contributed by atoms with E-state index in [2.05, 4.69) is 15.6 Å². The summed E-state index contributed by atoms with van der Waals surface area (Å²) in [4.78, 5) is 29.9. The van der Waals surface area contributed by atoms with Crippen LogP contribution in [0.4, 0.5) is 9.93 Å². The van der Waals surface area contributed by atoms with Gasteiger partial charge in [0.05, 0.1) is 18.2 Å². The fourth-order valence-corrected chi connectivity index (χ4v) is 4.57. The quantitative estimate of drug-likeness (QED) is 0.728. The van der Waals surface area contributed by atoms with Crippen LogP contribution < -0.4 is 16.4 Å². The molecular weight excluding hydrogens is 360 g/mol. The molecule has 0 bridgehead atoms. The summed E-state index contributed by atoms with van der Waals surface area (Å²) in [5.41, 5.74) is 8.33. The van der Waals surface area contributed by atoms with Crippen molar-refractivity contribution in [3.05, 3.63) is 46.0 Å². The molecule has 1 aliphatic rings. The zero-order valence-corrected chi connectivity index (χ0v) is 16.4. The van der Waals surface area contributed by atoms with E-state index >= 15 is 0 Å². The minimum absolute atomic E-state index is 0.109. The molecule has 1 unspecified atom stereocenters. The molecule has 0 aliphatic heterocycles. The number of aryl methyl sites for hydroxylation is 3. The molecule has 1 aromatic carbocycles. The van der Waals surface area contributed by atoms with Crippen molar-refractivity contribution in [2.75, 3.05) is 5.32 Å². The number of rotatable bonds is 5. The number of carbonyl (C=O) groups is 2. The number of aromatic nitrogens is 1. The van der Waals surface area contributed by atoms with Gasteiger partial charge in [0.1, 0.15) is 0 Å². The van der Waals surface area contributed by atoms with Crippen LogP contribution in [0.1, 0.15) is 59.8 Å². The van der Waals surface area contributed by atoms with E-state index in [1.54, 1.807) is 11.3 Å². The van der Waals surface area contributed by atoms with Gasteiger partial charge in [-0.25, -0.2) is 9.78 Å². The van der Waals surface area contributed by atoms with Gasteiger partial charge in [-0.15, -0.1) is 11.3 Å². The Hall–Kier alpha value is -2.41. The molecule has 6 nitrogen and oxygen atoms in total. The Morgan fingerprint density at radius 1 is 1.19 bits per heavy atom. The number of hydrogen-bond donors (Lipinski definition) is 3. The third-order valence-corrected chi connectivity index (χ3v) is 5.93. The van der Waals surface area contributed by atoms with Gasteiger partial charge >= 0.3 is 6.03 Å². The summed E-state index contributed by atoms with van der Waals surface area (Å²) in [5.74, 6) is -0.182. The lowest BCUT2D eigenvalue weighted by molar-refractivity contribution is -0.116. The Balaban J connectivity index is 1.70. The number of nitrogens with two attached hydrogens (primary N) is 1. The number of carbonyl (C=O) groups excluding carboxylic acids is 2. The van der Waals surface area contributed by atoms with Crippen molar-refractivity contribution >= 4 is 28.4 Å². The average molecular weight is 387 g/mol. The molecule has 0 saturated heterocycles. The Bertz CT molecular complexity index is 793. The van der Waals surface area contributed by atoms with Crippen molar-refractivity contribution in [1.82, 2.24) is 10.3 Å². The first-order chi connectivity index (χ1) is 13.0. The molecule has 7 heteroatoms. The van der Waals surface area contributed by atoms with Gasteiger partial charge in [0.2, 0.25) is 5.91 Å². The predicted molar refractivity (Wildman–Crippen MR) is 108 cm³/mol. The standard InChI is InChI=1S/C20H26N4O2S/c1-13-8-6-7-9-14(13)16(22-19(21)26)12-18(25)24-20-23-15-10-4-2-3-5-11-17(15)27-20/h6-9,16H,2-5,10-12H2,1H3,(H3,21,22,26)(H,23,24,25). The molecule has 27 heavy (non-hydrogen) atoms. The van der Waals surface area contributed by atoms with Crippen LogP contribution in [-0.2, 0) is 17.6 Å². The molecule has 1 aliphatic carbocycles. The van der Waals surface area contributed by atoms with E-state index < -0.39 is 12.1 Å². The summed E-state index contributed by atoms with van der Waals surface area (Å²) >= 11 is 1.57. The van der Waals surface area contributed by atoms with Crippen molar-refractivity contribution in [3.8, 4) is 0 Å². The first-order valence-corrected chi connectivity index (χ1v) is 10.2. The van der Waals surface area contributed by atoms with E-state index in [-0.39, 0.29) is 12.3 Å². The lowest BCUT2D eigenvalue weighted by atomic mass is 9.98. The molecule has 1 aromatic heterocycles. The highest BCUT2D eigenvalue weighted by Crippen LogP contribution is 2.29. The SMILES string of the molecule is Cc1ccccc1C(CC(=O)Nc1nc2c(s1)CCCCCC2)NC(N)=O. The van der Waals surface area contributed by atoms with Crippen molar-refractivity contribution < 1.29 is 9.59 Å². The molecule has 0 spiro atoms. The third kappa shape index (κ3) is 5.29. The van der Waals surface area contributed by atoms with E-state index in [4.69, 9.17) is 5.73 Å². The number of urea groups is 1. The second kappa shape index (κ2) is 8.99. The van der Waals surface area contributed by atoms with Crippen molar-refractivity contribution in [2.45, 2.75) is 57.9 Å². The molecule has 4 N–H and O–H groups in total. The van der Waals surface area contributed by atoms with E-state index in [1.807, 2.05) is 31.2 Å². The molecule has 3 rings (SSSR count). The maximum absolute atomic E-state index is 12.6. The topological polar surface area (TPSA) is 97.1 Å². The zero-order valence-electron chi connectivity index (χ0n) is 15.6. The van der Waals surface area contributed by atoms with Gasteiger partial charge in [0, 0.05) is 4.88 Å². The summed E-state index contributed by atoms with van der Waals surface area (Å²) in [6.45, 7) is 1.95. The number of benzene rings is 1. The summed E-state index contributed by atoms with van der Waals surface area (Å²) in [5, 5.41) is 6.24. The Morgan fingerprint density at radius 2 is 1.93 bits per heavy atom. The second-order valence-corrected chi connectivity index (χ2v) is 8.06. The van der Waals surface area contributed by atoms with E-state index in [0.717, 1.165) is 36.1 Å². The Kier molecular flexibility index (Phi) is 6.45. The van der Waals surface area contributed by atoms with Crippen LogP contribution in [-0.4, -0.2) is 16.9 Å². The van der Waals surface area contributed by atoms with Crippen molar-refractivity contribution in [1.29, 1.82) is 0 Å². The van der Waals surface area contributed by atoms with Crippen molar-refractivity contribution in [3.63, 3.8) is 0 Å². The zero-order chi connectivity index (χ0) is 19.2. The molecule has 1 atom stereocenters. The Labute approximate surface area is 163 Å². The van der Waals surface area contributed by atoms with E-state index in [0.29, 0.717) is 5.13 Å². The summed E-state index contributed by atoms with van der Waals surface area (Å²) in [7, 11) is 0. The number of primary amides is 1. The fourth-order valence-electron chi connectivity index (χ4n) is 3.50. The number of amides is 3. The van der Waals surface area contributed by atoms with Crippen LogP contribution in [0.3, 0.4) is 0 Å². The van der Waals surface area contributed by atoms with Crippen LogP contribution in [0, 0.1) is 6.92 Å². The maximum atomic E-state index is 12.6. The number of nitrogens with zero attached hydrogens (tertiary/aromatic N) is 1. The monoisotopic (exact) mass is 386 g/mol. The first kappa shape index (κ1) is 19.4. The molecule has 2 aromatic rings. The van der Waals surface area contributed by atoms with Crippen LogP contribution in [0.2, 0.25) is 0 Å². The van der Waals surface area contributed by atoms with Crippen LogP contribution in [0.25, 0.3) is 0 Å². The number of thiazole rings is 1. The highest BCUT2D eigenvalue weighted by atomic mass is 32.1. The second-order valence-electron chi connectivity index (χ2n) is 6.97. The minimum atomic E-state index is -0.645. The van der Waals surface area contributed by atoms with Crippen LogP contribution >= 0.6 is 11.3 Å². The number of anilines is 1. The van der Waals surface area contributed by atoms with E-state index in [9.17, 15) is 9.59 Å². The van der Waals surface area contributed by atoms with Gasteiger partial charge in [-0.2, -0.15) is 0 Å². The lowest BCUT2D eigenvalue weighted by Gasteiger charge is -2.19. The van der Waals surface area contributed by atoms with Gasteiger partial charge in [-0.05, 0) is 43.7 Å². The molecule has 144 valence electrons. The summed E-state index contributed by atoms with van der Waals surface area (Å²) in [6.07, 6.45) is 6.97. The average Bonchev–Trinajstić information content (AvgIpc) is 2.95. The van der Waals surface area contributed by atoms with Gasteiger partial charge in [-0.1, -0.05) is 37.1 Å². The molecule has 0 saturated carbocycles. The molecule has 0 fully saturated rings. The molecule has 3 amide bonds. The van der Waals surface area contributed by atoms with Gasteiger partial charge in [0.25, 0.3) is 0 Å². The summed E-state index contributed by atoms with van der Waals surface area (Å²) < 4.78 is 0. The molecule has 0 radical (unpaired) electrons. The third-order valence-electron chi connectivity index (χ3n) is 4.86. The number of nitrogens with one attached hydrogen (secondary N) is 2. The molecule has 1 heterocycles. The highest BCUT2D eigenvalue weighted by Gasteiger charge is 2.21. The smallest absolute Gasteiger partial charge is 0.312 e. The maximum Gasteiger partial charge on any atom is 0.312 e. The van der Waals surface area contributed by atoms with Crippen LogP contribution in [0.15, 0.2) is 24.3 Å². The predicted octanol–water partition coefficient (Wildman–Crippen LogP) is 3.85. The fraction of sp³-hybridized carbons (Fsp3) is 0.450. The van der Waals surface area contributed by atoms with Gasteiger partial charge in [0.15, 0.2) is 5.13 Å². The Morgan fingerprint density at radius 3 is 2.67 bits per heavy atom. The highest BCUT2D eigenvalue weighted by molar-refractivity contribution is 7.15. The lowest BCUT2D eigenvalue weighted by Crippen LogP contribution is -2.35. The van der Waals surface area contributed by atoms with E-state index in [1.165, 1.54) is 24.1 Å². The minimum Gasteiger partial charge on any atom is -0.352 e. The number of hydrogen-bond acceptors (Lipinski definition) is 4. The first-order valence-electron chi connectivity index (χ1n) is 9.43. The largest absolute Gasteiger partial charge is 0.352 e. The molecular formula is C20H26N4O2S. The summed E-state index contributed by atoms with van der Waals surface area (Å²) in [6, 6.07) is 6.54. The number of fused-ring (bicyclic) bond motifs is 1. The van der Waals surface area contributed by atoms with Crippen molar-refractivity contribution in [2.24, 2.45) is 5.73 Å².